The number of amides is 7. The Labute approximate surface area is 792 Å². The molecule has 3 fully saturated rings. The van der Waals surface area contributed by atoms with Crippen LogP contribution < -0.4 is 50.3 Å². The fourth-order valence-electron chi connectivity index (χ4n) is 13.5. The molecule has 0 radical (unpaired) electrons. The van der Waals surface area contributed by atoms with E-state index in [1.165, 1.54) is 81.9 Å². The largest absolute Gasteiger partial charge is 0.509 e. The van der Waals surface area contributed by atoms with Gasteiger partial charge in [-0.1, -0.05) is 155 Å². The van der Waals surface area contributed by atoms with Crippen LogP contribution in [0.5, 0.6) is 28.7 Å². The van der Waals surface area contributed by atoms with Crippen molar-refractivity contribution in [2.24, 2.45) is 5.92 Å². The van der Waals surface area contributed by atoms with Gasteiger partial charge in [0.15, 0.2) is 63.7 Å². The third kappa shape index (κ3) is 30.5. The Bertz CT molecular complexity index is 5110. The summed E-state index contributed by atoms with van der Waals surface area (Å²) < 4.78 is 103. The fraction of sp³-hybridized carbons (Fsp3) is 0.463. The predicted octanol–water partition coefficient (Wildman–Crippen LogP) is 15.9. The molecule has 9 atom stereocenters. The number of hydrogen-bond donors (Lipinski definition) is 5. The van der Waals surface area contributed by atoms with E-state index < -0.39 is 175 Å². The minimum Gasteiger partial charge on any atom is -0.493 e. The number of nitro benzene ring substituents is 1. The lowest BCUT2D eigenvalue weighted by atomic mass is 9.98. The Kier molecular flexibility index (Phi) is 39.8. The van der Waals surface area contributed by atoms with Gasteiger partial charge in [0.1, 0.15) is 71.5 Å². The van der Waals surface area contributed by atoms with E-state index in [4.69, 9.17) is 84.6 Å². The van der Waals surface area contributed by atoms with Crippen molar-refractivity contribution in [2.45, 2.75) is 206 Å². The van der Waals surface area contributed by atoms with E-state index in [9.17, 15) is 53.3 Å². The standard InChI is InChI=1S/C95H124N8O31Si2/c1-21-41-119-86(108)80-78(132-91(112)121-43-23-3)79(133-92(113)122-44-24-4)81(134-93(114)123-45-25-5)87(131-80)130-72-38-35-63(47-71(72)103(115)116)55-127-89(110)99-70-51-76(74(118-16)49-68(70)85(107)102-40-28-32-66(102)57-129-136(19,20)95(12,13)14)125-54-62-30-26-29-61(46-62)53-124-75-50-69(67(48-73(75)117-15)84(106)101-39-27-31-65(101)56-128-135(17,18)94(9,10)11)98-88(109)126-52-60-33-36-64(37-34-60)97-82(104)59(8)96-83(105)77(58(6)7)100-90(111)120-42-22-2/h21-26,29-30,33-38,46-51,58-59,65-66,77-81,87H,1-5,27-28,31-32,39-45,52-57H2,6-20H3,(H,96,105)(H,97,104)(H,98,109)(H,99,110)(H,100,111)/t59-,65-,66-,77-,78-,79-,80-,81+,87+/m0/s1. The van der Waals surface area contributed by atoms with Gasteiger partial charge in [0, 0.05) is 37.0 Å². The molecular formula is C95H124N8O31Si2. The first-order valence-corrected chi connectivity index (χ1v) is 49.8. The monoisotopic (exact) mass is 1930 g/mol. The highest BCUT2D eigenvalue weighted by atomic mass is 28.4. The molecule has 3 aliphatic rings. The molecular weight excluding hydrogens is 1810 g/mol. The number of likely N-dealkylation sites (tertiary alicyclic amines) is 2. The van der Waals surface area contributed by atoms with Crippen LogP contribution in [-0.4, -0.2) is 226 Å². The van der Waals surface area contributed by atoms with Crippen molar-refractivity contribution in [1.82, 2.24) is 20.4 Å². The Hall–Kier alpha value is -13.5. The molecule has 7 amide bonds. The third-order valence-electron chi connectivity index (χ3n) is 22.9. The molecule has 738 valence electrons. The van der Waals surface area contributed by atoms with Crippen molar-refractivity contribution in [3.63, 3.8) is 0 Å². The number of carbonyl (C=O) groups excluding carboxylic acids is 11. The summed E-state index contributed by atoms with van der Waals surface area (Å²) in [6.07, 6.45) is -9.56. The normalized spacial score (nSPS) is 17.4. The second-order valence-electron chi connectivity index (χ2n) is 35.1. The van der Waals surface area contributed by atoms with E-state index >= 15 is 9.59 Å². The Balaban J connectivity index is 1.04. The Morgan fingerprint density at radius 1 is 0.500 bits per heavy atom. The molecule has 0 unspecified atom stereocenters. The highest BCUT2D eigenvalue weighted by molar-refractivity contribution is 6.74. The number of benzene rings is 5. The van der Waals surface area contributed by atoms with Crippen LogP contribution in [0.15, 0.2) is 154 Å². The molecule has 39 nitrogen and oxygen atoms in total. The number of methoxy groups -OCH3 is 2. The number of carbonyl (C=O) groups is 11. The summed E-state index contributed by atoms with van der Waals surface area (Å²) in [6, 6.07) is 19.8. The number of nitrogens with zero attached hydrogens (tertiary/aromatic N) is 3. The maximum atomic E-state index is 15.2. The number of anilines is 3. The molecule has 41 heteroatoms. The second kappa shape index (κ2) is 50.2. The minimum atomic E-state index is -2.34. The number of nitrogens with one attached hydrogen (secondary N) is 5. The first-order valence-electron chi connectivity index (χ1n) is 44.0. The second-order valence-corrected chi connectivity index (χ2v) is 44.7. The molecule has 136 heavy (non-hydrogen) atoms. The molecule has 3 heterocycles. The number of rotatable bonds is 45. The zero-order valence-corrected chi connectivity index (χ0v) is 81.4. The first kappa shape index (κ1) is 108. The van der Waals surface area contributed by atoms with Gasteiger partial charge in [0.2, 0.25) is 24.2 Å². The summed E-state index contributed by atoms with van der Waals surface area (Å²) >= 11 is 0. The van der Waals surface area contributed by atoms with Crippen LogP contribution in [0, 0.1) is 16.0 Å². The van der Waals surface area contributed by atoms with Crippen LogP contribution in [0.4, 0.5) is 51.5 Å². The van der Waals surface area contributed by atoms with Crippen LogP contribution in [-0.2, 0) is 102 Å². The van der Waals surface area contributed by atoms with Gasteiger partial charge in [0.05, 0.1) is 66.9 Å². The molecule has 5 aromatic rings. The van der Waals surface area contributed by atoms with Crippen molar-refractivity contribution in [1.29, 1.82) is 0 Å². The predicted molar refractivity (Wildman–Crippen MR) is 502 cm³/mol. The number of esters is 1. The SMILES string of the molecule is C=CCOC(=O)N[C@H](C(=O)N[C@@H](C)C(=O)Nc1ccc(COC(=O)Nc2cc(OCc3cccc(COc4cc(NC(=O)OCc5ccc(O[C@@H]6O[C@H](C(=O)OCC=C)[C@@H](OC(=O)OCC=C)[C@H](OC(=O)OCC=C)[C@H]6OC(=O)OCC=C)c([N+](=O)[O-])c5)c(C(=O)N5CCC[C@H]5CO[Si](C)(C)C(C)(C)C)cc4OC)c3)c(OC)cc2C(=O)N2CCC[C@H]2CO[Si](C)(C)C(C)(C)C)cc1)C(C)C. The first-order chi connectivity index (χ1) is 64.5. The van der Waals surface area contributed by atoms with Crippen LogP contribution >= 0.6 is 0 Å². The molecule has 5 aromatic carbocycles. The van der Waals surface area contributed by atoms with Gasteiger partial charge >= 0.3 is 48.4 Å². The molecule has 3 saturated heterocycles. The van der Waals surface area contributed by atoms with E-state index in [1.54, 1.807) is 72.2 Å². The van der Waals surface area contributed by atoms with Gasteiger partial charge in [-0.3, -0.25) is 39.9 Å². The molecule has 8 rings (SSSR count). The zero-order chi connectivity index (χ0) is 99.9. The zero-order valence-electron chi connectivity index (χ0n) is 79.4. The minimum absolute atomic E-state index is 0.0313. The lowest BCUT2D eigenvalue weighted by Crippen LogP contribution is -2.64. The molecule has 0 saturated carbocycles. The summed E-state index contributed by atoms with van der Waals surface area (Å²) in [5.74, 6) is -4.01. The maximum Gasteiger partial charge on any atom is 0.509 e. The van der Waals surface area contributed by atoms with Crippen molar-refractivity contribution < 1.29 is 142 Å². The van der Waals surface area contributed by atoms with Crippen LogP contribution in [0.3, 0.4) is 0 Å². The Morgan fingerprint density at radius 3 is 1.40 bits per heavy atom. The van der Waals surface area contributed by atoms with Crippen LogP contribution in [0.25, 0.3) is 0 Å². The number of hydrogen-bond acceptors (Lipinski definition) is 31. The van der Waals surface area contributed by atoms with Crippen molar-refractivity contribution in [3.8, 4) is 28.7 Å². The fourth-order valence-corrected chi connectivity index (χ4v) is 15.6. The van der Waals surface area contributed by atoms with E-state index in [0.717, 1.165) is 12.1 Å². The van der Waals surface area contributed by atoms with Crippen molar-refractivity contribution in [3.05, 3.63) is 198 Å². The summed E-state index contributed by atoms with van der Waals surface area (Å²) in [7, 11) is -1.82. The van der Waals surface area contributed by atoms with Gasteiger partial charge in [-0.2, -0.15) is 0 Å². The van der Waals surface area contributed by atoms with Gasteiger partial charge in [0.25, 0.3) is 11.8 Å². The molecule has 0 spiro atoms. The van der Waals surface area contributed by atoms with Gasteiger partial charge in [-0.15, -0.1) is 0 Å². The summed E-state index contributed by atoms with van der Waals surface area (Å²) in [6.45, 7) is 41.8. The van der Waals surface area contributed by atoms with Gasteiger partial charge in [-0.05, 0) is 133 Å². The van der Waals surface area contributed by atoms with Gasteiger partial charge < -0.3 is 110 Å². The lowest BCUT2D eigenvalue weighted by molar-refractivity contribution is -0.387. The molecule has 0 aromatic heterocycles. The number of nitro groups is 1. The molecule has 3 aliphatic heterocycles. The van der Waals surface area contributed by atoms with Crippen LogP contribution in [0.2, 0.25) is 36.3 Å². The third-order valence-corrected chi connectivity index (χ3v) is 31.9. The van der Waals surface area contributed by atoms with E-state index in [2.05, 4.69) is 127 Å². The quantitative estimate of drug-likeness (QED) is 0.00603. The van der Waals surface area contributed by atoms with E-state index in [1.807, 2.05) is 0 Å². The lowest BCUT2D eigenvalue weighted by Gasteiger charge is -2.42. The highest BCUT2D eigenvalue weighted by Crippen LogP contribution is 2.43. The Morgan fingerprint density at radius 2 is 0.941 bits per heavy atom. The smallest absolute Gasteiger partial charge is 0.493 e. The van der Waals surface area contributed by atoms with Crippen molar-refractivity contribution >= 4 is 106 Å². The maximum absolute atomic E-state index is 15.2. The molecule has 0 bridgehead atoms. The molecule has 5 N–H and O–H groups in total. The van der Waals surface area contributed by atoms with Crippen LogP contribution in [0.1, 0.15) is 131 Å². The van der Waals surface area contributed by atoms with E-state index in [-0.39, 0.29) is 112 Å². The number of alkyl carbamates (subject to hydrolysis) is 1. The average Bonchev–Trinajstić information content (AvgIpc) is 0.820. The summed E-state index contributed by atoms with van der Waals surface area (Å²) in [5.41, 5.74) is 1.14. The molecule has 0 aliphatic carbocycles. The highest BCUT2D eigenvalue weighted by Gasteiger charge is 2.58. The van der Waals surface area contributed by atoms with Gasteiger partial charge in [-0.25, -0.2) is 33.6 Å². The summed E-state index contributed by atoms with van der Waals surface area (Å²) in [5, 5.41) is 26.2. The number of ether oxygens (including phenoxy) is 16. The average molecular weight is 1930 g/mol. The topological polar surface area (TPSA) is 464 Å². The summed E-state index contributed by atoms with van der Waals surface area (Å²) in [4.78, 5) is 167. The van der Waals surface area contributed by atoms with E-state index in [0.29, 0.717) is 67.8 Å². The van der Waals surface area contributed by atoms with Crippen molar-refractivity contribution in [2.75, 3.05) is 89.5 Å².